The third kappa shape index (κ3) is 7.86. The molecule has 3 aromatic rings. The summed E-state index contributed by atoms with van der Waals surface area (Å²) in [6.07, 6.45) is 1.01. The Morgan fingerprint density at radius 1 is 0.977 bits per heavy atom. The summed E-state index contributed by atoms with van der Waals surface area (Å²) >= 11 is 1.39. The number of hydrogen-bond donors (Lipinski definition) is 1. The van der Waals surface area contributed by atoms with Gasteiger partial charge in [0.2, 0.25) is 0 Å². The Kier molecular flexibility index (Phi) is 9.40. The van der Waals surface area contributed by atoms with E-state index in [2.05, 4.69) is 10.3 Å². The van der Waals surface area contributed by atoms with Crippen LogP contribution in [-0.2, 0) is 22.4 Å². The van der Waals surface area contributed by atoms with Crippen LogP contribution in [-0.4, -0.2) is 77.7 Å². The summed E-state index contributed by atoms with van der Waals surface area (Å²) < 4.78 is 22.8. The van der Waals surface area contributed by atoms with Crippen molar-refractivity contribution in [2.75, 3.05) is 38.7 Å². The maximum atomic E-state index is 13.4. The SMILES string of the molecule is COCC(C)Oc1cc(Oc2ccc(C(=O)N3CCC3)cc2)cc(C(=O)Nc2nc3c(s2)CCN(C(=O)OC(C)(C)C)C3)c1. The molecule has 3 heterocycles. The number of ether oxygens (including phenoxy) is 4. The lowest BCUT2D eigenvalue weighted by molar-refractivity contribution is 0.0222. The van der Waals surface area contributed by atoms with Crippen LogP contribution < -0.4 is 14.8 Å². The average molecular weight is 623 g/mol. The maximum Gasteiger partial charge on any atom is 0.410 e. The lowest BCUT2D eigenvalue weighted by atomic mass is 10.1. The molecule has 11 nitrogen and oxygen atoms in total. The van der Waals surface area contributed by atoms with E-state index in [0.717, 1.165) is 30.1 Å². The zero-order valence-corrected chi connectivity index (χ0v) is 26.5. The van der Waals surface area contributed by atoms with Gasteiger partial charge in [-0.3, -0.25) is 14.9 Å². The van der Waals surface area contributed by atoms with E-state index < -0.39 is 5.60 Å². The molecule has 44 heavy (non-hydrogen) atoms. The minimum absolute atomic E-state index is 0.00528. The fraction of sp³-hybridized carbons (Fsp3) is 0.438. The van der Waals surface area contributed by atoms with Gasteiger partial charge in [0.05, 0.1) is 18.8 Å². The van der Waals surface area contributed by atoms with Gasteiger partial charge in [0.25, 0.3) is 11.8 Å². The molecule has 1 saturated heterocycles. The number of thiazole rings is 1. The first-order valence-electron chi connectivity index (χ1n) is 14.6. The number of nitrogens with zero attached hydrogens (tertiary/aromatic N) is 3. The summed E-state index contributed by atoms with van der Waals surface area (Å²) in [5.41, 5.74) is 1.07. The molecule has 0 aliphatic carbocycles. The number of carbonyl (C=O) groups excluding carboxylic acids is 3. The summed E-state index contributed by atoms with van der Waals surface area (Å²) in [4.78, 5) is 47.6. The Labute approximate surface area is 261 Å². The quantitative estimate of drug-likeness (QED) is 0.321. The average Bonchev–Trinajstić information content (AvgIpc) is 3.33. The third-order valence-electron chi connectivity index (χ3n) is 6.96. The zero-order chi connectivity index (χ0) is 31.4. The Morgan fingerprint density at radius 2 is 1.70 bits per heavy atom. The fourth-order valence-corrected chi connectivity index (χ4v) is 5.69. The molecule has 2 aromatic carbocycles. The summed E-state index contributed by atoms with van der Waals surface area (Å²) in [5, 5.41) is 3.33. The zero-order valence-electron chi connectivity index (χ0n) is 25.7. The molecule has 0 radical (unpaired) electrons. The number of amides is 3. The van der Waals surface area contributed by atoms with Crippen LogP contribution in [0, 0.1) is 0 Å². The van der Waals surface area contributed by atoms with E-state index in [4.69, 9.17) is 18.9 Å². The molecule has 0 bridgehead atoms. The largest absolute Gasteiger partial charge is 0.488 e. The van der Waals surface area contributed by atoms with Crippen molar-refractivity contribution in [2.24, 2.45) is 0 Å². The fourth-order valence-electron chi connectivity index (χ4n) is 4.74. The van der Waals surface area contributed by atoms with Gasteiger partial charge >= 0.3 is 6.09 Å². The minimum atomic E-state index is -0.586. The molecule has 1 unspecified atom stereocenters. The van der Waals surface area contributed by atoms with Gasteiger partial charge in [0.1, 0.15) is 29.0 Å². The highest BCUT2D eigenvalue weighted by Gasteiger charge is 2.28. The van der Waals surface area contributed by atoms with Gasteiger partial charge in [0.15, 0.2) is 5.13 Å². The van der Waals surface area contributed by atoms with E-state index >= 15 is 0 Å². The lowest BCUT2D eigenvalue weighted by Gasteiger charge is -2.30. The summed E-state index contributed by atoms with van der Waals surface area (Å²) in [6.45, 7) is 10.1. The van der Waals surface area contributed by atoms with Crippen molar-refractivity contribution in [3.05, 3.63) is 64.2 Å². The van der Waals surface area contributed by atoms with Gasteiger partial charge in [-0.15, -0.1) is 11.3 Å². The molecule has 0 spiro atoms. The number of nitrogens with one attached hydrogen (secondary N) is 1. The minimum Gasteiger partial charge on any atom is -0.488 e. The van der Waals surface area contributed by atoms with Gasteiger partial charge in [-0.25, -0.2) is 9.78 Å². The predicted molar refractivity (Wildman–Crippen MR) is 166 cm³/mol. The molecule has 2 aliphatic rings. The predicted octanol–water partition coefficient (Wildman–Crippen LogP) is 5.74. The van der Waals surface area contributed by atoms with Crippen molar-refractivity contribution in [3.8, 4) is 17.2 Å². The highest BCUT2D eigenvalue weighted by molar-refractivity contribution is 7.15. The number of fused-ring (bicyclic) bond motifs is 1. The Morgan fingerprint density at radius 3 is 2.36 bits per heavy atom. The topological polar surface area (TPSA) is 120 Å². The smallest absolute Gasteiger partial charge is 0.410 e. The van der Waals surface area contributed by atoms with Gasteiger partial charge < -0.3 is 28.7 Å². The maximum absolute atomic E-state index is 13.4. The van der Waals surface area contributed by atoms with Crippen LogP contribution in [0.1, 0.15) is 65.4 Å². The van der Waals surface area contributed by atoms with Crippen LogP contribution in [0.15, 0.2) is 42.5 Å². The van der Waals surface area contributed by atoms with Crippen LogP contribution in [0.3, 0.4) is 0 Å². The number of anilines is 1. The highest BCUT2D eigenvalue weighted by atomic mass is 32.1. The van der Waals surface area contributed by atoms with Gasteiger partial charge in [-0.05, 0) is 70.5 Å². The van der Waals surface area contributed by atoms with Gasteiger partial charge in [-0.1, -0.05) is 0 Å². The second-order valence-corrected chi connectivity index (χ2v) is 12.9. The molecule has 1 aromatic heterocycles. The van der Waals surface area contributed by atoms with E-state index in [9.17, 15) is 14.4 Å². The number of aromatic nitrogens is 1. The van der Waals surface area contributed by atoms with Crippen molar-refractivity contribution in [2.45, 2.75) is 58.8 Å². The van der Waals surface area contributed by atoms with E-state index in [1.165, 1.54) is 11.3 Å². The second kappa shape index (κ2) is 13.2. The monoisotopic (exact) mass is 622 g/mol. The molecule has 3 amide bonds. The highest BCUT2D eigenvalue weighted by Crippen LogP contribution is 2.32. The second-order valence-electron chi connectivity index (χ2n) is 11.8. The molecular formula is C32H38N4O7S. The number of likely N-dealkylation sites (tertiary alicyclic amines) is 1. The van der Waals surface area contributed by atoms with Gasteiger partial charge in [0, 0.05) is 55.2 Å². The first-order valence-corrected chi connectivity index (χ1v) is 15.4. The molecule has 234 valence electrons. The molecule has 12 heteroatoms. The summed E-state index contributed by atoms with van der Waals surface area (Å²) in [5.74, 6) is 0.968. The van der Waals surface area contributed by atoms with Gasteiger partial charge in [-0.2, -0.15) is 0 Å². The van der Waals surface area contributed by atoms with Crippen LogP contribution in [0.4, 0.5) is 9.93 Å². The van der Waals surface area contributed by atoms with E-state index in [0.29, 0.717) is 59.6 Å². The number of carbonyl (C=O) groups is 3. The first kappa shape index (κ1) is 31.3. The normalized spacial score (nSPS) is 15.1. The van der Waals surface area contributed by atoms with Crippen molar-refractivity contribution >= 4 is 34.4 Å². The number of methoxy groups -OCH3 is 1. The molecule has 1 N–H and O–H groups in total. The van der Waals surface area contributed by atoms with Crippen molar-refractivity contribution < 1.29 is 33.3 Å². The number of benzene rings is 2. The molecule has 1 fully saturated rings. The van der Waals surface area contributed by atoms with E-state index in [1.807, 2.05) is 27.7 Å². The Bertz CT molecular complexity index is 1510. The molecule has 2 aliphatic heterocycles. The summed E-state index contributed by atoms with van der Waals surface area (Å²) in [6, 6.07) is 11.9. The van der Waals surface area contributed by atoms with Crippen LogP contribution in [0.25, 0.3) is 0 Å². The Balaban J connectivity index is 1.31. The first-order chi connectivity index (χ1) is 21.0. The van der Waals surface area contributed by atoms with Crippen molar-refractivity contribution in [3.63, 3.8) is 0 Å². The van der Waals surface area contributed by atoms with Crippen molar-refractivity contribution in [1.82, 2.24) is 14.8 Å². The van der Waals surface area contributed by atoms with Crippen LogP contribution in [0.2, 0.25) is 0 Å². The Hall–Kier alpha value is -4.16. The van der Waals surface area contributed by atoms with Crippen LogP contribution in [0.5, 0.6) is 17.2 Å². The third-order valence-corrected chi connectivity index (χ3v) is 8.03. The standard InChI is InChI=1S/C32H38N4O7S/c1-20(19-40-5)41-24-15-22(16-25(17-24)42-23-9-7-21(8-10-23)29(38)35-12-6-13-35)28(37)34-30-33-26-18-36(14-11-27(26)44-30)31(39)43-32(2,3)4/h7-10,15-17,20H,6,11-14,18-19H2,1-5H3,(H,33,34,37). The summed E-state index contributed by atoms with van der Waals surface area (Å²) in [7, 11) is 1.59. The lowest BCUT2D eigenvalue weighted by Crippen LogP contribution is -2.41. The van der Waals surface area contributed by atoms with E-state index in [1.54, 1.807) is 59.4 Å². The molecular weight excluding hydrogens is 584 g/mol. The molecule has 5 rings (SSSR count). The van der Waals surface area contributed by atoms with Crippen molar-refractivity contribution in [1.29, 1.82) is 0 Å². The number of rotatable bonds is 9. The van der Waals surface area contributed by atoms with E-state index in [-0.39, 0.29) is 24.0 Å². The van der Waals surface area contributed by atoms with Crippen LogP contribution >= 0.6 is 11.3 Å². The number of hydrogen-bond acceptors (Lipinski definition) is 9. The molecule has 0 saturated carbocycles. The molecule has 1 atom stereocenters.